The van der Waals surface area contributed by atoms with Crippen molar-refractivity contribution in [1.82, 2.24) is 0 Å². The van der Waals surface area contributed by atoms with Gasteiger partial charge in [0.05, 0.1) is 5.92 Å². The number of benzene rings is 3. The highest BCUT2D eigenvalue weighted by molar-refractivity contribution is 5.99. The second-order valence-electron chi connectivity index (χ2n) is 9.28. The van der Waals surface area contributed by atoms with Crippen LogP contribution in [0.2, 0.25) is 0 Å². The highest BCUT2D eigenvalue weighted by Crippen LogP contribution is 2.32. The lowest BCUT2D eigenvalue weighted by Gasteiger charge is -2.24. The molecule has 2 atom stereocenters. The molecule has 0 spiro atoms. The normalized spacial score (nSPS) is 12.5. The molecular weight excluding hydrogens is 555 g/mol. The van der Waals surface area contributed by atoms with Gasteiger partial charge in [0, 0.05) is 0 Å². The first-order valence-corrected chi connectivity index (χ1v) is 12.3. The molecule has 0 radical (unpaired) electrons. The summed E-state index contributed by atoms with van der Waals surface area (Å²) in [5.74, 6) is -22.5. The maximum absolute atomic E-state index is 14.2. The fourth-order valence-corrected chi connectivity index (χ4v) is 3.75. The Kier molecular flexibility index (Phi) is 10.9. The van der Waals surface area contributed by atoms with Crippen molar-refractivity contribution in [3.63, 3.8) is 0 Å². The van der Waals surface area contributed by atoms with E-state index < -0.39 is 70.5 Å². The summed E-state index contributed by atoms with van der Waals surface area (Å²) in [4.78, 5) is 49.1. The molecule has 41 heavy (non-hydrogen) atoms. The van der Waals surface area contributed by atoms with Crippen molar-refractivity contribution < 1.29 is 55.6 Å². The molecule has 0 aliphatic rings. The van der Waals surface area contributed by atoms with Crippen LogP contribution in [0.3, 0.4) is 0 Å². The van der Waals surface area contributed by atoms with Crippen molar-refractivity contribution in [3.05, 3.63) is 101 Å². The van der Waals surface area contributed by atoms with E-state index in [-0.39, 0.29) is 19.6 Å². The van der Waals surface area contributed by atoms with Gasteiger partial charge in [-0.2, -0.15) is 13.7 Å². The van der Waals surface area contributed by atoms with Crippen molar-refractivity contribution in [2.45, 2.75) is 33.5 Å². The monoisotopic (exact) mass is 580 g/mol. The number of hydrogen-bond donors (Lipinski definition) is 0. The number of hydrogen-bond acceptors (Lipinski definition) is 7. The molecule has 0 heterocycles. The molecule has 0 aromatic heterocycles. The van der Waals surface area contributed by atoms with Gasteiger partial charge in [-0.3, -0.25) is 14.5 Å². The van der Waals surface area contributed by atoms with Crippen molar-refractivity contribution in [3.8, 4) is 5.75 Å². The highest BCUT2D eigenvalue weighted by atomic mass is 19.2. The third-order valence-corrected chi connectivity index (χ3v) is 5.74. The minimum atomic E-state index is -2.46. The van der Waals surface area contributed by atoms with Crippen LogP contribution in [0.25, 0.3) is 0 Å². The standard InChI is InChI=1S/C29H25F5O7/c1-16(2)13-19(27(35)40-26-24(33)22(31)21(30)23(32)25(26)34)20(28(36)38-14-17-9-5-3-6-10-17)29(37)41-39-15-18-11-7-4-8-12-18/h3-12,16,19-20H,13-15H2,1-2H3/t19-,20?/m1/s1. The minimum Gasteiger partial charge on any atom is -0.460 e. The lowest BCUT2D eigenvalue weighted by atomic mass is 9.85. The smallest absolute Gasteiger partial charge is 0.357 e. The van der Waals surface area contributed by atoms with Crippen LogP contribution in [-0.4, -0.2) is 17.9 Å². The summed E-state index contributed by atoms with van der Waals surface area (Å²) < 4.78 is 79.2. The summed E-state index contributed by atoms with van der Waals surface area (Å²) in [6.45, 7) is 2.61. The van der Waals surface area contributed by atoms with Crippen LogP contribution in [0.1, 0.15) is 31.4 Å². The molecule has 0 amide bonds. The molecule has 0 bridgehead atoms. The van der Waals surface area contributed by atoms with E-state index in [4.69, 9.17) is 14.5 Å². The Balaban J connectivity index is 1.91. The quantitative estimate of drug-likeness (QED) is 0.0381. The molecule has 3 aromatic carbocycles. The van der Waals surface area contributed by atoms with Crippen LogP contribution in [0, 0.1) is 46.8 Å². The topological polar surface area (TPSA) is 88.1 Å². The Morgan fingerprint density at radius 2 is 1.15 bits per heavy atom. The number of ether oxygens (including phenoxy) is 2. The van der Waals surface area contributed by atoms with E-state index in [2.05, 4.69) is 4.74 Å². The average molecular weight is 581 g/mol. The van der Waals surface area contributed by atoms with E-state index in [1.807, 2.05) is 0 Å². The predicted molar refractivity (Wildman–Crippen MR) is 132 cm³/mol. The van der Waals surface area contributed by atoms with E-state index in [1.54, 1.807) is 74.5 Å². The zero-order valence-corrected chi connectivity index (χ0v) is 21.9. The van der Waals surface area contributed by atoms with Gasteiger partial charge >= 0.3 is 17.9 Å². The Bertz CT molecular complexity index is 1340. The van der Waals surface area contributed by atoms with E-state index in [0.29, 0.717) is 11.1 Å². The number of rotatable bonds is 12. The van der Waals surface area contributed by atoms with Crippen molar-refractivity contribution >= 4 is 17.9 Å². The Labute approximate surface area is 231 Å². The van der Waals surface area contributed by atoms with Crippen LogP contribution in [0.15, 0.2) is 60.7 Å². The van der Waals surface area contributed by atoms with E-state index in [9.17, 15) is 36.3 Å². The maximum atomic E-state index is 14.2. The predicted octanol–water partition coefficient (Wildman–Crippen LogP) is 5.98. The van der Waals surface area contributed by atoms with Crippen LogP contribution < -0.4 is 4.74 Å². The Morgan fingerprint density at radius 1 is 0.659 bits per heavy atom. The molecule has 0 saturated carbocycles. The second kappa shape index (κ2) is 14.4. The van der Waals surface area contributed by atoms with Gasteiger partial charge in [0.2, 0.25) is 34.8 Å². The summed E-state index contributed by atoms with van der Waals surface area (Å²) in [5.41, 5.74) is 1.12. The lowest BCUT2D eigenvalue weighted by Crippen LogP contribution is -2.40. The molecule has 0 saturated heterocycles. The fraction of sp³-hybridized carbons (Fsp3) is 0.276. The fourth-order valence-electron chi connectivity index (χ4n) is 3.75. The summed E-state index contributed by atoms with van der Waals surface area (Å²) in [6, 6.07) is 16.7. The highest BCUT2D eigenvalue weighted by Gasteiger charge is 2.45. The molecule has 218 valence electrons. The molecule has 0 aliphatic heterocycles. The minimum absolute atomic E-state index is 0.234. The average Bonchev–Trinajstić information content (AvgIpc) is 2.96. The zero-order valence-electron chi connectivity index (χ0n) is 21.9. The van der Waals surface area contributed by atoms with Gasteiger partial charge in [0.1, 0.15) is 13.2 Å². The Morgan fingerprint density at radius 3 is 1.66 bits per heavy atom. The largest absolute Gasteiger partial charge is 0.460 e. The van der Waals surface area contributed by atoms with Crippen LogP contribution in [-0.2, 0) is 42.1 Å². The van der Waals surface area contributed by atoms with Crippen molar-refractivity contribution in [2.75, 3.05) is 0 Å². The maximum Gasteiger partial charge on any atom is 0.357 e. The molecule has 0 N–H and O–H groups in total. The van der Waals surface area contributed by atoms with Crippen LogP contribution in [0.4, 0.5) is 22.0 Å². The number of esters is 2. The molecule has 0 fully saturated rings. The number of carbonyl (C=O) groups is 3. The van der Waals surface area contributed by atoms with E-state index >= 15 is 0 Å². The summed E-state index contributed by atoms with van der Waals surface area (Å²) >= 11 is 0. The first-order valence-electron chi connectivity index (χ1n) is 12.3. The van der Waals surface area contributed by atoms with Crippen molar-refractivity contribution in [1.29, 1.82) is 0 Å². The molecule has 12 heteroatoms. The van der Waals surface area contributed by atoms with E-state index in [0.717, 1.165) is 0 Å². The third-order valence-electron chi connectivity index (χ3n) is 5.74. The van der Waals surface area contributed by atoms with Gasteiger partial charge in [-0.1, -0.05) is 74.5 Å². The van der Waals surface area contributed by atoms with Crippen LogP contribution in [0.5, 0.6) is 5.75 Å². The zero-order chi connectivity index (χ0) is 30.1. The molecule has 7 nitrogen and oxygen atoms in total. The van der Waals surface area contributed by atoms with Gasteiger partial charge in [0.25, 0.3) is 0 Å². The van der Waals surface area contributed by atoms with Gasteiger partial charge in [0.15, 0.2) is 5.92 Å². The van der Waals surface area contributed by atoms with Crippen molar-refractivity contribution in [2.24, 2.45) is 17.8 Å². The summed E-state index contributed by atoms with van der Waals surface area (Å²) in [6.07, 6.45) is -0.312. The third kappa shape index (κ3) is 8.10. The summed E-state index contributed by atoms with van der Waals surface area (Å²) in [5, 5.41) is 0. The lowest BCUT2D eigenvalue weighted by molar-refractivity contribution is -0.284. The molecule has 0 aliphatic carbocycles. The molecular formula is C29H25F5O7. The molecule has 3 aromatic rings. The molecule has 3 rings (SSSR count). The van der Waals surface area contributed by atoms with Gasteiger partial charge < -0.3 is 9.47 Å². The van der Waals surface area contributed by atoms with Crippen LogP contribution >= 0.6 is 0 Å². The van der Waals surface area contributed by atoms with Gasteiger partial charge in [-0.15, -0.1) is 0 Å². The second-order valence-corrected chi connectivity index (χ2v) is 9.28. The first kappa shape index (κ1) is 31.2. The summed E-state index contributed by atoms with van der Waals surface area (Å²) in [7, 11) is 0. The number of halogens is 5. The van der Waals surface area contributed by atoms with E-state index in [1.165, 1.54) is 0 Å². The van der Waals surface area contributed by atoms with Gasteiger partial charge in [-0.25, -0.2) is 18.0 Å². The molecule has 1 unspecified atom stereocenters. The first-order chi connectivity index (χ1) is 19.5. The SMILES string of the molecule is CC(C)C[C@@H](C(=O)Oc1c(F)c(F)c(F)c(F)c1F)C(C(=O)OCc1ccccc1)C(=O)OOCc1ccccc1. The van der Waals surface area contributed by atoms with Gasteiger partial charge in [-0.05, 0) is 23.5 Å². The number of carbonyl (C=O) groups excluding carboxylic acids is 3. The Hall–Kier alpha value is -4.32.